The first-order valence-corrected chi connectivity index (χ1v) is 12.6. The summed E-state index contributed by atoms with van der Waals surface area (Å²) in [7, 11) is 0. The van der Waals surface area contributed by atoms with E-state index >= 15 is 0 Å². The zero-order valence-electron chi connectivity index (χ0n) is 22.1. The van der Waals surface area contributed by atoms with Crippen LogP contribution in [0.15, 0.2) is 91.4 Å². The summed E-state index contributed by atoms with van der Waals surface area (Å²) in [6.45, 7) is -0.259. The number of aromatic nitrogens is 3. The van der Waals surface area contributed by atoms with Crippen molar-refractivity contribution in [2.45, 2.75) is 12.8 Å². The minimum Gasteiger partial charge on any atom is -0.424 e. The second-order valence-corrected chi connectivity index (χ2v) is 9.16. The molecule has 0 spiro atoms. The number of aliphatic hydroxyl groups is 1. The van der Waals surface area contributed by atoms with Gasteiger partial charge >= 0.3 is 18.2 Å². The van der Waals surface area contributed by atoms with Gasteiger partial charge in [-0.05, 0) is 53.1 Å². The number of hydrogen-bond acceptors (Lipinski definition) is 7. The van der Waals surface area contributed by atoms with Gasteiger partial charge in [0.15, 0.2) is 0 Å². The van der Waals surface area contributed by atoms with Crippen LogP contribution in [-0.2, 0) is 12.8 Å². The first-order chi connectivity index (χ1) is 20.6. The number of rotatable bonds is 7. The Hall–Kier alpha value is -5.56. The molecule has 218 valence electrons. The summed E-state index contributed by atoms with van der Waals surface area (Å²) in [6.07, 6.45) is -1.09. The zero-order chi connectivity index (χ0) is 30.6. The van der Waals surface area contributed by atoms with Gasteiger partial charge in [0.25, 0.3) is 0 Å². The van der Waals surface area contributed by atoms with E-state index < -0.39 is 23.6 Å². The lowest BCUT2D eigenvalue weighted by atomic mass is 9.99. The zero-order valence-corrected chi connectivity index (χ0v) is 22.1. The Bertz CT molecular complexity index is 1760. The summed E-state index contributed by atoms with van der Waals surface area (Å²) in [6, 6.07) is 16.5. The number of nitrogens with zero attached hydrogens (tertiary/aromatic N) is 3. The highest BCUT2D eigenvalue weighted by Crippen LogP contribution is 2.36. The first-order valence-electron chi connectivity index (χ1n) is 12.6. The number of urea groups is 1. The Morgan fingerprint density at radius 3 is 2.30 bits per heavy atom. The fourth-order valence-electron chi connectivity index (χ4n) is 4.12. The number of amides is 2. The number of anilines is 3. The van der Waals surface area contributed by atoms with Crippen LogP contribution in [0.5, 0.6) is 11.8 Å². The quantitative estimate of drug-likeness (QED) is 0.152. The fraction of sp³-hybridized carbons (Fsp3) is 0.0667. The van der Waals surface area contributed by atoms with Gasteiger partial charge in [-0.15, -0.1) is 0 Å². The van der Waals surface area contributed by atoms with E-state index in [1.165, 1.54) is 24.5 Å². The number of hydrogen-bond donors (Lipinski definition) is 4. The number of ether oxygens (including phenoxy) is 1. The summed E-state index contributed by atoms with van der Waals surface area (Å²) in [4.78, 5) is 24.6. The van der Waals surface area contributed by atoms with Crippen molar-refractivity contribution in [3.63, 3.8) is 0 Å². The van der Waals surface area contributed by atoms with Gasteiger partial charge < -0.3 is 26.2 Å². The second kappa shape index (κ2) is 12.1. The van der Waals surface area contributed by atoms with Crippen molar-refractivity contribution in [1.82, 2.24) is 15.0 Å². The molecular weight excluding hydrogens is 568 g/mol. The number of pyridine rings is 1. The summed E-state index contributed by atoms with van der Waals surface area (Å²) in [5.74, 6) is 0.0154. The van der Waals surface area contributed by atoms with Crippen molar-refractivity contribution >= 4 is 23.2 Å². The molecule has 0 aliphatic heterocycles. The number of carbonyl (C=O) groups excluding carboxylic acids is 1. The molecule has 5 aromatic rings. The van der Waals surface area contributed by atoms with E-state index in [4.69, 9.17) is 10.5 Å². The summed E-state index contributed by atoms with van der Waals surface area (Å²) >= 11 is 0. The maximum Gasteiger partial charge on any atom is 0.416 e. The van der Waals surface area contributed by atoms with E-state index in [-0.39, 0.29) is 29.8 Å². The number of nitrogens with one attached hydrogen (secondary N) is 2. The van der Waals surface area contributed by atoms with Crippen LogP contribution in [0.25, 0.3) is 22.3 Å². The third-order valence-corrected chi connectivity index (χ3v) is 6.16. The van der Waals surface area contributed by atoms with Crippen molar-refractivity contribution in [3.8, 4) is 34.0 Å². The van der Waals surface area contributed by atoms with Gasteiger partial charge in [-0.3, -0.25) is 0 Å². The van der Waals surface area contributed by atoms with E-state index in [1.807, 2.05) is 0 Å². The lowest BCUT2D eigenvalue weighted by Crippen LogP contribution is -2.20. The van der Waals surface area contributed by atoms with Crippen LogP contribution in [0.1, 0.15) is 11.1 Å². The van der Waals surface area contributed by atoms with E-state index in [0.717, 1.165) is 18.3 Å². The molecule has 0 bridgehead atoms. The molecule has 2 amide bonds. The topological polar surface area (TPSA) is 135 Å². The highest BCUT2D eigenvalue weighted by atomic mass is 19.4. The SMILES string of the molecule is Nc1ncc(F)cc1-c1ccc(Oc2ncc(NC(=O)Nc3cc(C(F)(F)F)ccc3-c3cccc(CO)c3)cn2)cc1. The third-order valence-electron chi connectivity index (χ3n) is 6.16. The predicted octanol–water partition coefficient (Wildman–Crippen LogP) is 6.87. The van der Waals surface area contributed by atoms with Crippen molar-refractivity contribution in [2.24, 2.45) is 0 Å². The highest BCUT2D eigenvalue weighted by Gasteiger charge is 2.31. The van der Waals surface area contributed by atoms with Crippen molar-refractivity contribution in [1.29, 1.82) is 0 Å². The number of nitrogen functional groups attached to an aromatic ring is 1. The predicted molar refractivity (Wildman–Crippen MR) is 152 cm³/mol. The standard InChI is InChI=1S/C30H22F4N6O3/c31-21-12-25(27(35)36-13-21)18-4-7-23(8-5-18)43-29-37-14-22(15-38-29)39-28(42)40-26-11-20(30(32,33)34)6-9-24(26)19-3-1-2-17(10-19)16-41/h1-15,41H,16H2,(H2,35,36)(H2,39,40,42). The van der Waals surface area contributed by atoms with Crippen molar-refractivity contribution in [3.05, 3.63) is 108 Å². The van der Waals surface area contributed by atoms with Crippen LogP contribution in [0.4, 0.5) is 39.5 Å². The van der Waals surface area contributed by atoms with Crippen molar-refractivity contribution < 1.29 is 32.2 Å². The van der Waals surface area contributed by atoms with Gasteiger partial charge in [0.05, 0.1) is 42.1 Å². The van der Waals surface area contributed by atoms with Gasteiger partial charge in [0, 0.05) is 11.1 Å². The molecule has 0 aliphatic rings. The van der Waals surface area contributed by atoms with Crippen LogP contribution in [0, 0.1) is 5.82 Å². The molecule has 0 saturated heterocycles. The molecule has 9 nitrogen and oxygen atoms in total. The van der Waals surface area contributed by atoms with Gasteiger partial charge in [-0.25, -0.2) is 24.1 Å². The molecule has 0 aliphatic carbocycles. The Labute approximate surface area is 242 Å². The molecule has 5 N–H and O–H groups in total. The highest BCUT2D eigenvalue weighted by molar-refractivity contribution is 6.02. The molecule has 0 unspecified atom stereocenters. The van der Waals surface area contributed by atoms with E-state index in [1.54, 1.807) is 48.5 Å². The minimum atomic E-state index is -4.63. The van der Waals surface area contributed by atoms with Crippen LogP contribution < -0.4 is 21.1 Å². The number of carbonyl (C=O) groups is 1. The Kier molecular flexibility index (Phi) is 8.16. The number of benzene rings is 3. The summed E-state index contributed by atoms with van der Waals surface area (Å²) in [5, 5.41) is 14.4. The number of aliphatic hydroxyl groups excluding tert-OH is 1. The average molecular weight is 591 g/mol. The first kappa shape index (κ1) is 29.0. The minimum absolute atomic E-state index is 0.0467. The van der Waals surface area contributed by atoms with Crippen LogP contribution in [0.3, 0.4) is 0 Å². The van der Waals surface area contributed by atoms with Gasteiger partial charge in [-0.2, -0.15) is 13.2 Å². The largest absolute Gasteiger partial charge is 0.424 e. The molecule has 3 aromatic carbocycles. The Morgan fingerprint density at radius 2 is 1.60 bits per heavy atom. The molecule has 13 heteroatoms. The fourth-order valence-corrected chi connectivity index (χ4v) is 4.12. The van der Waals surface area contributed by atoms with Crippen LogP contribution in [0.2, 0.25) is 0 Å². The van der Waals surface area contributed by atoms with Gasteiger partial charge in [-0.1, -0.05) is 36.4 Å². The van der Waals surface area contributed by atoms with E-state index in [2.05, 4.69) is 25.6 Å². The molecule has 2 aromatic heterocycles. The molecule has 0 radical (unpaired) electrons. The van der Waals surface area contributed by atoms with Crippen LogP contribution >= 0.6 is 0 Å². The molecule has 2 heterocycles. The molecule has 0 atom stereocenters. The third kappa shape index (κ3) is 7.02. The normalized spacial score (nSPS) is 11.2. The maximum absolute atomic E-state index is 13.6. The monoisotopic (exact) mass is 590 g/mol. The number of alkyl halides is 3. The molecule has 43 heavy (non-hydrogen) atoms. The lowest BCUT2D eigenvalue weighted by molar-refractivity contribution is -0.137. The lowest BCUT2D eigenvalue weighted by Gasteiger charge is -2.16. The molecule has 0 saturated carbocycles. The summed E-state index contributed by atoms with van der Waals surface area (Å²) in [5.41, 5.74) is 7.35. The molecule has 0 fully saturated rings. The van der Waals surface area contributed by atoms with Crippen molar-refractivity contribution in [2.75, 3.05) is 16.4 Å². The Morgan fingerprint density at radius 1 is 0.860 bits per heavy atom. The number of halogens is 4. The van der Waals surface area contributed by atoms with E-state index in [0.29, 0.717) is 33.6 Å². The average Bonchev–Trinajstić information content (AvgIpc) is 2.99. The number of nitrogens with two attached hydrogens (primary N) is 1. The maximum atomic E-state index is 13.6. The van der Waals surface area contributed by atoms with Gasteiger partial charge in [0.1, 0.15) is 17.4 Å². The van der Waals surface area contributed by atoms with Gasteiger partial charge in [0.2, 0.25) is 0 Å². The smallest absolute Gasteiger partial charge is 0.416 e. The molecule has 5 rings (SSSR count). The van der Waals surface area contributed by atoms with Crippen LogP contribution in [-0.4, -0.2) is 26.1 Å². The second-order valence-electron chi connectivity index (χ2n) is 9.16. The summed E-state index contributed by atoms with van der Waals surface area (Å²) < 4.78 is 59.4. The molecular formula is C30H22F4N6O3. The van der Waals surface area contributed by atoms with E-state index in [9.17, 15) is 27.5 Å². The Balaban J connectivity index is 1.27.